The van der Waals surface area contributed by atoms with Crippen molar-refractivity contribution in [2.24, 2.45) is 0 Å². The molecule has 5 nitrogen and oxygen atoms in total. The van der Waals surface area contributed by atoms with Crippen LogP contribution in [0.25, 0.3) is 0 Å². The molecule has 2 unspecified atom stereocenters. The van der Waals surface area contributed by atoms with Gasteiger partial charge in [-0.2, -0.15) is 12.6 Å². The van der Waals surface area contributed by atoms with Gasteiger partial charge in [0.15, 0.2) is 0 Å². The van der Waals surface area contributed by atoms with Crippen molar-refractivity contribution in [1.29, 1.82) is 0 Å². The van der Waals surface area contributed by atoms with Crippen LogP contribution in [0, 0.1) is 6.92 Å². The van der Waals surface area contributed by atoms with E-state index in [1.54, 1.807) is 6.92 Å². The van der Waals surface area contributed by atoms with Crippen molar-refractivity contribution < 1.29 is 20.1 Å². The normalized spacial score (nSPS) is 14.8. The van der Waals surface area contributed by atoms with E-state index in [2.05, 4.69) is 17.6 Å². The number of hydrogen-bond acceptors (Lipinski definition) is 6. The number of aliphatic hydroxyl groups excluding tert-OH is 2. The molecule has 0 amide bonds. The Labute approximate surface area is 102 Å². The third-order valence-corrected chi connectivity index (χ3v) is 3.52. The number of thiazole rings is 1. The number of aromatic carboxylic acids is 1. The summed E-state index contributed by atoms with van der Waals surface area (Å²) in [5.74, 6) is -0.633. The molecule has 0 aliphatic rings. The molecular formula is C9H13NO4S2. The maximum atomic E-state index is 10.8. The highest BCUT2D eigenvalue weighted by molar-refractivity contribution is 7.80. The first-order valence-electron chi connectivity index (χ1n) is 4.65. The minimum Gasteiger partial charge on any atom is -0.477 e. The second kappa shape index (κ2) is 5.62. The lowest BCUT2D eigenvalue weighted by atomic mass is 10.1. The van der Waals surface area contributed by atoms with Crippen LogP contribution in [0.2, 0.25) is 0 Å². The number of nitrogens with zero attached hydrogens (tertiary/aromatic N) is 1. The van der Waals surface area contributed by atoms with Crippen molar-refractivity contribution in [3.05, 3.63) is 15.6 Å². The topological polar surface area (TPSA) is 90.7 Å². The molecule has 1 rings (SSSR count). The van der Waals surface area contributed by atoms with Gasteiger partial charge in [-0.3, -0.25) is 0 Å². The molecule has 0 saturated carbocycles. The zero-order valence-electron chi connectivity index (χ0n) is 8.62. The summed E-state index contributed by atoms with van der Waals surface area (Å²) < 4.78 is 0. The van der Waals surface area contributed by atoms with Crippen molar-refractivity contribution >= 4 is 29.9 Å². The monoisotopic (exact) mass is 263 g/mol. The maximum Gasteiger partial charge on any atom is 0.347 e. The second-order valence-electron chi connectivity index (χ2n) is 3.30. The molecule has 16 heavy (non-hydrogen) atoms. The first kappa shape index (κ1) is 13.4. The molecule has 90 valence electrons. The van der Waals surface area contributed by atoms with E-state index in [-0.39, 0.29) is 9.88 Å². The minimum atomic E-state index is -1.15. The smallest absolute Gasteiger partial charge is 0.347 e. The van der Waals surface area contributed by atoms with Gasteiger partial charge >= 0.3 is 5.97 Å². The van der Waals surface area contributed by atoms with E-state index in [1.165, 1.54) is 0 Å². The van der Waals surface area contributed by atoms with E-state index in [0.717, 1.165) is 11.3 Å². The third-order valence-electron chi connectivity index (χ3n) is 2.05. The van der Waals surface area contributed by atoms with Gasteiger partial charge in [-0.25, -0.2) is 9.78 Å². The van der Waals surface area contributed by atoms with Gasteiger partial charge in [0.05, 0.1) is 11.8 Å². The number of aryl methyl sites for hydroxylation is 1. The molecule has 0 fully saturated rings. The Morgan fingerprint density at radius 3 is 2.62 bits per heavy atom. The van der Waals surface area contributed by atoms with Crippen LogP contribution in [0.4, 0.5) is 0 Å². The zero-order chi connectivity index (χ0) is 12.3. The number of carboxylic acid groups (broad SMARTS) is 1. The molecule has 0 aromatic carbocycles. The summed E-state index contributed by atoms with van der Waals surface area (Å²) in [6.45, 7) is 1.56. The van der Waals surface area contributed by atoms with Gasteiger partial charge in [0.25, 0.3) is 0 Å². The predicted molar refractivity (Wildman–Crippen MR) is 63.2 cm³/mol. The van der Waals surface area contributed by atoms with Crippen molar-refractivity contribution in [2.45, 2.75) is 25.6 Å². The van der Waals surface area contributed by atoms with E-state index in [4.69, 9.17) is 5.11 Å². The standard InChI is InChI=1S/C9H13NO4S2/c1-4-7(9(13)14)16-8(10-4)6(12)5(11)2-3-15/h5-6,11-12,15H,2-3H2,1H3,(H,13,14). The molecule has 1 aromatic heterocycles. The second-order valence-corrected chi connectivity index (χ2v) is 4.77. The molecule has 3 N–H and O–H groups in total. The number of aromatic nitrogens is 1. The SMILES string of the molecule is Cc1nc(C(O)C(O)CCS)sc1C(=O)O. The largest absolute Gasteiger partial charge is 0.477 e. The molecule has 0 bridgehead atoms. The fourth-order valence-electron chi connectivity index (χ4n) is 1.20. The van der Waals surface area contributed by atoms with Crippen LogP contribution in [-0.4, -0.2) is 38.1 Å². The zero-order valence-corrected chi connectivity index (χ0v) is 10.3. The van der Waals surface area contributed by atoms with Crippen molar-refractivity contribution in [3.63, 3.8) is 0 Å². The van der Waals surface area contributed by atoms with Crippen LogP contribution in [0.3, 0.4) is 0 Å². The van der Waals surface area contributed by atoms with E-state index < -0.39 is 18.2 Å². The molecule has 7 heteroatoms. The number of hydrogen-bond donors (Lipinski definition) is 4. The lowest BCUT2D eigenvalue weighted by molar-refractivity contribution is 0.0170. The van der Waals surface area contributed by atoms with Crippen LogP contribution < -0.4 is 0 Å². The summed E-state index contributed by atoms with van der Waals surface area (Å²) in [7, 11) is 0. The Bertz CT molecular complexity index is 380. The number of carboxylic acids is 1. The number of carbonyl (C=O) groups is 1. The van der Waals surface area contributed by atoms with Gasteiger partial charge < -0.3 is 15.3 Å². The number of rotatable bonds is 5. The van der Waals surface area contributed by atoms with Crippen LogP contribution in [0.1, 0.15) is 32.9 Å². The van der Waals surface area contributed by atoms with Crippen LogP contribution in [0.15, 0.2) is 0 Å². The van der Waals surface area contributed by atoms with Gasteiger partial charge in [-0.05, 0) is 19.1 Å². The van der Waals surface area contributed by atoms with Crippen molar-refractivity contribution in [3.8, 4) is 0 Å². The molecule has 0 aliphatic heterocycles. The quantitative estimate of drug-likeness (QED) is 0.592. The van der Waals surface area contributed by atoms with Crippen molar-refractivity contribution in [2.75, 3.05) is 5.75 Å². The van der Waals surface area contributed by atoms with Gasteiger partial charge in [-0.1, -0.05) is 0 Å². The number of aliphatic hydroxyl groups is 2. The Morgan fingerprint density at radius 2 is 2.19 bits per heavy atom. The Morgan fingerprint density at radius 1 is 1.56 bits per heavy atom. The van der Waals surface area contributed by atoms with Gasteiger partial charge in [-0.15, -0.1) is 11.3 Å². The summed E-state index contributed by atoms with van der Waals surface area (Å²) >= 11 is 4.83. The van der Waals surface area contributed by atoms with E-state index in [9.17, 15) is 15.0 Å². The first-order chi connectivity index (χ1) is 7.47. The molecule has 1 heterocycles. The van der Waals surface area contributed by atoms with E-state index >= 15 is 0 Å². The molecule has 0 aliphatic carbocycles. The highest BCUT2D eigenvalue weighted by atomic mass is 32.1. The van der Waals surface area contributed by atoms with Crippen molar-refractivity contribution in [1.82, 2.24) is 4.98 Å². The summed E-state index contributed by atoms with van der Waals surface area (Å²) in [5, 5.41) is 28.3. The van der Waals surface area contributed by atoms with Gasteiger partial charge in [0.1, 0.15) is 16.0 Å². The summed E-state index contributed by atoms with van der Waals surface area (Å²) in [4.78, 5) is 14.8. The molecular weight excluding hydrogens is 250 g/mol. The van der Waals surface area contributed by atoms with E-state index in [1.807, 2.05) is 0 Å². The molecule has 0 radical (unpaired) electrons. The first-order valence-corrected chi connectivity index (χ1v) is 6.10. The summed E-state index contributed by atoms with van der Waals surface area (Å²) in [5.41, 5.74) is 0.352. The van der Waals surface area contributed by atoms with Crippen LogP contribution >= 0.6 is 24.0 Å². The maximum absolute atomic E-state index is 10.8. The summed E-state index contributed by atoms with van der Waals surface area (Å²) in [6, 6.07) is 0. The average molecular weight is 263 g/mol. The lowest BCUT2D eigenvalue weighted by Crippen LogP contribution is -2.18. The number of thiol groups is 1. The molecule has 0 spiro atoms. The Hall–Kier alpha value is -0.630. The van der Waals surface area contributed by atoms with Gasteiger partial charge in [0.2, 0.25) is 0 Å². The molecule has 2 atom stereocenters. The van der Waals surface area contributed by atoms with Crippen LogP contribution in [0.5, 0.6) is 0 Å². The summed E-state index contributed by atoms with van der Waals surface area (Å²) in [6.07, 6.45) is -1.79. The van der Waals surface area contributed by atoms with E-state index in [0.29, 0.717) is 17.9 Å². The minimum absolute atomic E-state index is 0.0899. The Kier molecular flexibility index (Phi) is 4.72. The highest BCUT2D eigenvalue weighted by Crippen LogP contribution is 2.26. The fraction of sp³-hybridized carbons (Fsp3) is 0.556. The molecule has 1 aromatic rings. The van der Waals surface area contributed by atoms with Crippen LogP contribution in [-0.2, 0) is 0 Å². The third kappa shape index (κ3) is 2.94. The molecule has 0 saturated heterocycles. The average Bonchev–Trinajstić information content (AvgIpc) is 2.59. The predicted octanol–water partition coefficient (Wildman–Crippen LogP) is 0.864. The Balaban J connectivity index is 2.88. The lowest BCUT2D eigenvalue weighted by Gasteiger charge is -2.13. The highest BCUT2D eigenvalue weighted by Gasteiger charge is 2.24. The van der Waals surface area contributed by atoms with Gasteiger partial charge in [0, 0.05) is 0 Å². The fourth-order valence-corrected chi connectivity index (χ4v) is 2.41.